The zero-order chi connectivity index (χ0) is 17.6. The van der Waals surface area contributed by atoms with Gasteiger partial charge in [-0.3, -0.25) is 14.2 Å². The van der Waals surface area contributed by atoms with E-state index in [1.54, 1.807) is 4.57 Å². The molecule has 1 aliphatic rings. The molecule has 1 aromatic heterocycles. The van der Waals surface area contributed by atoms with E-state index in [1.807, 2.05) is 55.5 Å². The minimum absolute atomic E-state index is 0.0464. The molecule has 1 N–H and O–H groups in total. The van der Waals surface area contributed by atoms with E-state index in [2.05, 4.69) is 0 Å². The Bertz CT molecular complexity index is 1000. The van der Waals surface area contributed by atoms with Gasteiger partial charge in [0.05, 0.1) is 11.4 Å². The van der Waals surface area contributed by atoms with Crippen molar-refractivity contribution in [1.82, 2.24) is 4.57 Å². The number of hydrogen-bond donors (Lipinski definition) is 1. The summed E-state index contributed by atoms with van der Waals surface area (Å²) in [5.41, 5.74) is 4.54. The maximum absolute atomic E-state index is 13.2. The standard InChI is InChI=1S/C21H19NO3/c1-13-5-4-6-14(11-13)20(23)22-18-8-3-2-7-16(18)17-12-15(21(24)25)9-10-19(17)22/h2-8,11,15H,9-10,12H2,1H3,(H,24,25). The molecule has 0 saturated carbocycles. The minimum atomic E-state index is -0.757. The monoisotopic (exact) mass is 333 g/mol. The molecule has 126 valence electrons. The third-order valence-corrected chi connectivity index (χ3v) is 5.09. The molecular formula is C21H19NO3. The van der Waals surface area contributed by atoms with E-state index < -0.39 is 5.97 Å². The molecule has 3 aromatic rings. The average Bonchev–Trinajstić information content (AvgIpc) is 2.95. The summed E-state index contributed by atoms with van der Waals surface area (Å²) >= 11 is 0. The van der Waals surface area contributed by atoms with Crippen LogP contribution in [0.25, 0.3) is 10.9 Å². The highest BCUT2D eigenvalue weighted by Crippen LogP contribution is 2.35. The third kappa shape index (κ3) is 2.54. The van der Waals surface area contributed by atoms with Gasteiger partial charge in [0.25, 0.3) is 5.91 Å². The van der Waals surface area contributed by atoms with Crippen molar-refractivity contribution in [2.24, 2.45) is 5.92 Å². The summed E-state index contributed by atoms with van der Waals surface area (Å²) in [6.07, 6.45) is 1.66. The first-order valence-electron chi connectivity index (χ1n) is 8.51. The number of fused-ring (bicyclic) bond motifs is 3. The van der Waals surface area contributed by atoms with Crippen LogP contribution in [0.5, 0.6) is 0 Å². The van der Waals surface area contributed by atoms with Crippen LogP contribution in [0.3, 0.4) is 0 Å². The van der Waals surface area contributed by atoms with Crippen LogP contribution in [0.1, 0.15) is 33.6 Å². The van der Waals surface area contributed by atoms with Crippen molar-refractivity contribution in [1.29, 1.82) is 0 Å². The van der Waals surface area contributed by atoms with Gasteiger partial charge in [0.15, 0.2) is 0 Å². The Kier molecular flexibility index (Phi) is 3.68. The lowest BCUT2D eigenvalue weighted by Crippen LogP contribution is -2.24. The average molecular weight is 333 g/mol. The van der Waals surface area contributed by atoms with Crippen LogP contribution in [0, 0.1) is 12.8 Å². The highest BCUT2D eigenvalue weighted by atomic mass is 16.4. The van der Waals surface area contributed by atoms with E-state index in [1.165, 1.54) is 0 Å². The molecule has 1 atom stereocenters. The molecule has 0 radical (unpaired) electrons. The van der Waals surface area contributed by atoms with E-state index in [4.69, 9.17) is 0 Å². The molecule has 4 nitrogen and oxygen atoms in total. The Balaban J connectivity index is 1.91. The van der Waals surface area contributed by atoms with Crippen molar-refractivity contribution >= 4 is 22.8 Å². The van der Waals surface area contributed by atoms with Gasteiger partial charge in [-0.1, -0.05) is 35.9 Å². The molecule has 4 heteroatoms. The highest BCUT2D eigenvalue weighted by molar-refractivity contribution is 6.04. The largest absolute Gasteiger partial charge is 0.481 e. The Morgan fingerprint density at radius 2 is 1.92 bits per heavy atom. The minimum Gasteiger partial charge on any atom is -0.481 e. The van der Waals surface area contributed by atoms with Crippen LogP contribution in [0.4, 0.5) is 0 Å². The predicted molar refractivity (Wildman–Crippen MR) is 96.0 cm³/mol. The van der Waals surface area contributed by atoms with Gasteiger partial charge in [-0.25, -0.2) is 0 Å². The lowest BCUT2D eigenvalue weighted by Gasteiger charge is -2.20. The number of benzene rings is 2. The number of carbonyl (C=O) groups excluding carboxylic acids is 1. The quantitative estimate of drug-likeness (QED) is 0.775. The van der Waals surface area contributed by atoms with Gasteiger partial charge in [-0.05, 0) is 49.9 Å². The summed E-state index contributed by atoms with van der Waals surface area (Å²) in [7, 11) is 0. The fraction of sp³-hybridized carbons (Fsp3) is 0.238. The van der Waals surface area contributed by atoms with Gasteiger partial charge in [-0.2, -0.15) is 0 Å². The van der Waals surface area contributed by atoms with Crippen molar-refractivity contribution in [3.05, 3.63) is 70.9 Å². The summed E-state index contributed by atoms with van der Waals surface area (Å²) in [6, 6.07) is 15.4. The number of hydrogen-bond acceptors (Lipinski definition) is 2. The highest BCUT2D eigenvalue weighted by Gasteiger charge is 2.30. The molecule has 1 heterocycles. The van der Waals surface area contributed by atoms with Crippen LogP contribution in [-0.4, -0.2) is 21.6 Å². The zero-order valence-electron chi connectivity index (χ0n) is 14.0. The Morgan fingerprint density at radius 1 is 1.12 bits per heavy atom. The third-order valence-electron chi connectivity index (χ3n) is 5.09. The Hall–Kier alpha value is -2.88. The first kappa shape index (κ1) is 15.6. The van der Waals surface area contributed by atoms with E-state index in [0.717, 1.165) is 27.7 Å². The second-order valence-electron chi connectivity index (χ2n) is 6.73. The number of para-hydroxylation sites is 1. The van der Waals surface area contributed by atoms with E-state index in [-0.39, 0.29) is 11.8 Å². The molecular weight excluding hydrogens is 314 g/mol. The summed E-state index contributed by atoms with van der Waals surface area (Å²) in [6.45, 7) is 1.97. The van der Waals surface area contributed by atoms with Gasteiger partial charge in [0.2, 0.25) is 0 Å². The van der Waals surface area contributed by atoms with Gasteiger partial charge >= 0.3 is 5.97 Å². The molecule has 0 fully saturated rings. The molecule has 1 aliphatic carbocycles. The lowest BCUT2D eigenvalue weighted by molar-refractivity contribution is -0.142. The summed E-state index contributed by atoms with van der Waals surface area (Å²) in [5.74, 6) is -1.18. The van der Waals surface area contributed by atoms with Crippen LogP contribution < -0.4 is 0 Å². The predicted octanol–water partition coefficient (Wildman–Crippen LogP) is 3.83. The fourth-order valence-electron chi connectivity index (χ4n) is 3.86. The number of aromatic nitrogens is 1. The van der Waals surface area contributed by atoms with Crippen LogP contribution in [0.15, 0.2) is 48.5 Å². The molecule has 0 aliphatic heterocycles. The SMILES string of the molecule is Cc1cccc(C(=O)n2c3c(c4ccccc42)CC(C(=O)O)CC3)c1. The molecule has 25 heavy (non-hydrogen) atoms. The van der Waals surface area contributed by atoms with Crippen LogP contribution in [0.2, 0.25) is 0 Å². The molecule has 2 aromatic carbocycles. The smallest absolute Gasteiger partial charge is 0.306 e. The van der Waals surface area contributed by atoms with Gasteiger partial charge in [0.1, 0.15) is 0 Å². The van der Waals surface area contributed by atoms with Crippen molar-refractivity contribution in [3.8, 4) is 0 Å². The fourth-order valence-corrected chi connectivity index (χ4v) is 3.86. The van der Waals surface area contributed by atoms with E-state index >= 15 is 0 Å². The Labute approximate surface area is 145 Å². The molecule has 4 rings (SSSR count). The molecule has 0 amide bonds. The molecule has 0 saturated heterocycles. The second-order valence-corrected chi connectivity index (χ2v) is 6.73. The van der Waals surface area contributed by atoms with E-state index in [9.17, 15) is 14.7 Å². The summed E-state index contributed by atoms with van der Waals surface area (Å²) < 4.78 is 1.79. The lowest BCUT2D eigenvalue weighted by atomic mass is 9.86. The Morgan fingerprint density at radius 3 is 2.68 bits per heavy atom. The van der Waals surface area contributed by atoms with Gasteiger partial charge in [-0.15, -0.1) is 0 Å². The summed E-state index contributed by atoms with van der Waals surface area (Å²) in [5, 5.41) is 10.4. The number of carboxylic acids is 1. The molecule has 1 unspecified atom stereocenters. The van der Waals surface area contributed by atoms with Gasteiger partial charge < -0.3 is 5.11 Å². The van der Waals surface area contributed by atoms with Crippen LogP contribution >= 0.6 is 0 Å². The van der Waals surface area contributed by atoms with Crippen LogP contribution in [-0.2, 0) is 17.6 Å². The van der Waals surface area contributed by atoms with Crippen molar-refractivity contribution in [2.75, 3.05) is 0 Å². The number of carboxylic acid groups (broad SMARTS) is 1. The van der Waals surface area contributed by atoms with Gasteiger partial charge in [0, 0.05) is 16.6 Å². The normalized spacial score (nSPS) is 16.6. The maximum Gasteiger partial charge on any atom is 0.306 e. The number of aryl methyl sites for hydroxylation is 1. The molecule has 0 spiro atoms. The van der Waals surface area contributed by atoms with Crippen molar-refractivity contribution in [2.45, 2.75) is 26.2 Å². The van der Waals surface area contributed by atoms with Crippen molar-refractivity contribution < 1.29 is 14.7 Å². The topological polar surface area (TPSA) is 59.3 Å². The number of aliphatic carboxylic acids is 1. The number of carbonyl (C=O) groups is 2. The first-order valence-corrected chi connectivity index (χ1v) is 8.51. The second kappa shape index (κ2) is 5.88. The molecule has 0 bridgehead atoms. The number of nitrogens with zero attached hydrogens (tertiary/aromatic N) is 1. The first-order chi connectivity index (χ1) is 12.1. The van der Waals surface area contributed by atoms with Crippen molar-refractivity contribution in [3.63, 3.8) is 0 Å². The van der Waals surface area contributed by atoms with E-state index in [0.29, 0.717) is 24.8 Å². The zero-order valence-corrected chi connectivity index (χ0v) is 14.0. The summed E-state index contributed by atoms with van der Waals surface area (Å²) in [4.78, 5) is 24.6. The maximum atomic E-state index is 13.2. The number of rotatable bonds is 2.